The molecular formula is C16H29F3IN5O. The van der Waals surface area contributed by atoms with Gasteiger partial charge in [-0.3, -0.25) is 14.7 Å². The van der Waals surface area contributed by atoms with E-state index in [4.69, 9.17) is 0 Å². The van der Waals surface area contributed by atoms with Crippen LogP contribution in [0.15, 0.2) is 4.99 Å². The number of aliphatic imine (C=N–C) groups is 1. The molecule has 1 heterocycles. The van der Waals surface area contributed by atoms with Crippen molar-refractivity contribution in [2.24, 2.45) is 4.99 Å². The lowest BCUT2D eigenvalue weighted by molar-refractivity contribution is -0.135. The summed E-state index contributed by atoms with van der Waals surface area (Å²) in [5, 5.41) is 6.11. The molecule has 0 bridgehead atoms. The van der Waals surface area contributed by atoms with Crippen LogP contribution in [0.25, 0.3) is 0 Å². The highest BCUT2D eigenvalue weighted by molar-refractivity contribution is 14.0. The Labute approximate surface area is 170 Å². The van der Waals surface area contributed by atoms with Gasteiger partial charge in [-0.2, -0.15) is 13.2 Å². The van der Waals surface area contributed by atoms with Gasteiger partial charge in [0.1, 0.15) is 0 Å². The standard InChI is InChI=1S/C16H28F3N5O.HI/c1-20-15(21-7-3-2-6-16(17,18)19)24-10-8-23(9-11-24)12-14(25)22-13-4-5-13;/h13H,2-12H2,1H3,(H,20,21)(H,22,25);1H. The number of amides is 1. The van der Waals surface area contributed by atoms with Crippen molar-refractivity contribution in [3.8, 4) is 0 Å². The van der Waals surface area contributed by atoms with Crippen molar-refractivity contribution in [1.82, 2.24) is 20.4 Å². The number of rotatable bonds is 7. The highest BCUT2D eigenvalue weighted by atomic mass is 127. The van der Waals surface area contributed by atoms with Crippen LogP contribution in [-0.2, 0) is 4.79 Å². The van der Waals surface area contributed by atoms with Gasteiger partial charge in [-0.05, 0) is 25.7 Å². The fourth-order valence-electron chi connectivity index (χ4n) is 2.80. The first-order valence-corrected chi connectivity index (χ1v) is 8.91. The maximum absolute atomic E-state index is 12.1. The van der Waals surface area contributed by atoms with Crippen LogP contribution in [0.3, 0.4) is 0 Å². The quantitative estimate of drug-likeness (QED) is 0.247. The molecule has 26 heavy (non-hydrogen) atoms. The first-order valence-electron chi connectivity index (χ1n) is 8.91. The number of hydrogen-bond acceptors (Lipinski definition) is 3. The van der Waals surface area contributed by atoms with E-state index in [1.165, 1.54) is 0 Å². The van der Waals surface area contributed by atoms with Crippen LogP contribution in [0.5, 0.6) is 0 Å². The van der Waals surface area contributed by atoms with Crippen molar-refractivity contribution in [1.29, 1.82) is 0 Å². The van der Waals surface area contributed by atoms with Crippen molar-refractivity contribution >= 4 is 35.8 Å². The Morgan fingerprint density at radius 3 is 2.35 bits per heavy atom. The molecule has 1 amide bonds. The highest BCUT2D eigenvalue weighted by Crippen LogP contribution is 2.21. The Bertz CT molecular complexity index is 463. The van der Waals surface area contributed by atoms with E-state index in [0.29, 0.717) is 31.5 Å². The van der Waals surface area contributed by atoms with E-state index in [2.05, 4.69) is 25.4 Å². The van der Waals surface area contributed by atoms with Crippen molar-refractivity contribution < 1.29 is 18.0 Å². The molecule has 0 spiro atoms. The van der Waals surface area contributed by atoms with Crippen molar-refractivity contribution in [3.05, 3.63) is 0 Å². The lowest BCUT2D eigenvalue weighted by Crippen LogP contribution is -2.54. The van der Waals surface area contributed by atoms with Gasteiger partial charge in [0.2, 0.25) is 5.91 Å². The summed E-state index contributed by atoms with van der Waals surface area (Å²) in [4.78, 5) is 20.2. The molecule has 2 aliphatic rings. The average Bonchev–Trinajstić information content (AvgIpc) is 3.34. The molecule has 0 aromatic carbocycles. The minimum atomic E-state index is -4.08. The molecule has 10 heteroatoms. The summed E-state index contributed by atoms with van der Waals surface area (Å²) >= 11 is 0. The Kier molecular flexibility index (Phi) is 9.98. The largest absolute Gasteiger partial charge is 0.389 e. The zero-order valence-electron chi connectivity index (χ0n) is 15.1. The van der Waals surface area contributed by atoms with Gasteiger partial charge in [-0.15, -0.1) is 24.0 Å². The van der Waals surface area contributed by atoms with Crippen LogP contribution in [-0.4, -0.2) is 80.2 Å². The molecule has 0 aromatic rings. The molecule has 152 valence electrons. The fraction of sp³-hybridized carbons (Fsp3) is 0.875. The second kappa shape index (κ2) is 11.2. The summed E-state index contributed by atoms with van der Waals surface area (Å²) in [5.74, 6) is 0.803. The Morgan fingerprint density at radius 2 is 1.81 bits per heavy atom. The molecule has 6 nitrogen and oxygen atoms in total. The van der Waals surface area contributed by atoms with Gasteiger partial charge in [0, 0.05) is 52.2 Å². The lowest BCUT2D eigenvalue weighted by atomic mass is 10.2. The summed E-state index contributed by atoms with van der Waals surface area (Å²) in [6, 6.07) is 0.383. The summed E-state index contributed by atoms with van der Waals surface area (Å²) in [6.07, 6.45) is -2.06. The van der Waals surface area contributed by atoms with Crippen LogP contribution in [0.1, 0.15) is 32.1 Å². The van der Waals surface area contributed by atoms with Crippen LogP contribution < -0.4 is 10.6 Å². The summed E-state index contributed by atoms with van der Waals surface area (Å²) in [5.41, 5.74) is 0. The molecular weight excluding hydrogens is 462 g/mol. The summed E-state index contributed by atoms with van der Waals surface area (Å²) in [6.45, 7) is 3.94. The Hall–Kier alpha value is -0.780. The van der Waals surface area contributed by atoms with E-state index in [-0.39, 0.29) is 36.3 Å². The van der Waals surface area contributed by atoms with Crippen LogP contribution in [0.2, 0.25) is 0 Å². The molecule has 2 N–H and O–H groups in total. The maximum Gasteiger partial charge on any atom is 0.389 e. The topological polar surface area (TPSA) is 60.0 Å². The Morgan fingerprint density at radius 1 is 1.15 bits per heavy atom. The second-order valence-corrected chi connectivity index (χ2v) is 6.65. The molecule has 0 aromatic heterocycles. The molecule has 2 fully saturated rings. The van der Waals surface area contributed by atoms with Crippen molar-refractivity contribution in [2.75, 3.05) is 46.3 Å². The molecule has 1 aliphatic carbocycles. The summed E-state index contributed by atoms with van der Waals surface area (Å²) in [7, 11) is 1.67. The van der Waals surface area contributed by atoms with Gasteiger partial charge < -0.3 is 15.5 Å². The molecule has 1 saturated heterocycles. The molecule has 0 atom stereocenters. The molecule has 0 unspecified atom stereocenters. The minimum absolute atomic E-state index is 0. The number of halogens is 4. The first kappa shape index (κ1) is 23.3. The SMILES string of the molecule is CN=C(NCCCCC(F)(F)F)N1CCN(CC(=O)NC2CC2)CC1.I. The number of guanidine groups is 1. The predicted octanol–water partition coefficient (Wildman–Crippen LogP) is 1.81. The molecule has 1 aliphatic heterocycles. The van der Waals surface area contributed by atoms with E-state index in [1.807, 2.05) is 0 Å². The normalized spacial score (nSPS) is 19.1. The van der Waals surface area contributed by atoms with Gasteiger partial charge in [0.05, 0.1) is 6.54 Å². The minimum Gasteiger partial charge on any atom is -0.356 e. The number of hydrogen-bond donors (Lipinski definition) is 2. The summed E-state index contributed by atoms with van der Waals surface area (Å²) < 4.78 is 36.3. The fourth-order valence-corrected chi connectivity index (χ4v) is 2.80. The third kappa shape index (κ3) is 9.24. The number of unbranched alkanes of at least 4 members (excludes halogenated alkanes) is 1. The first-order chi connectivity index (χ1) is 11.9. The Balaban J connectivity index is 0.00000338. The van der Waals surface area contributed by atoms with Gasteiger partial charge in [-0.25, -0.2) is 0 Å². The number of carbonyl (C=O) groups excluding carboxylic acids is 1. The average molecular weight is 491 g/mol. The zero-order valence-corrected chi connectivity index (χ0v) is 17.5. The van der Waals surface area contributed by atoms with E-state index in [9.17, 15) is 18.0 Å². The van der Waals surface area contributed by atoms with Gasteiger partial charge in [-0.1, -0.05) is 0 Å². The van der Waals surface area contributed by atoms with Crippen molar-refractivity contribution in [3.63, 3.8) is 0 Å². The number of alkyl halides is 3. The zero-order chi connectivity index (χ0) is 18.3. The van der Waals surface area contributed by atoms with Gasteiger partial charge in [0.25, 0.3) is 0 Å². The maximum atomic E-state index is 12.1. The van der Waals surface area contributed by atoms with Crippen LogP contribution in [0.4, 0.5) is 13.2 Å². The van der Waals surface area contributed by atoms with Crippen molar-refractivity contribution in [2.45, 2.75) is 44.3 Å². The third-order valence-corrected chi connectivity index (χ3v) is 4.36. The number of nitrogens with zero attached hydrogens (tertiary/aromatic N) is 3. The number of carbonyl (C=O) groups is 1. The van der Waals surface area contributed by atoms with Gasteiger partial charge >= 0.3 is 6.18 Å². The number of nitrogens with one attached hydrogen (secondary N) is 2. The molecule has 0 radical (unpaired) electrons. The van der Waals surface area contributed by atoms with Gasteiger partial charge in [0.15, 0.2) is 5.96 Å². The van der Waals surface area contributed by atoms with Crippen LogP contribution in [0, 0.1) is 0 Å². The second-order valence-electron chi connectivity index (χ2n) is 6.65. The van der Waals surface area contributed by atoms with E-state index in [1.54, 1.807) is 7.05 Å². The van der Waals surface area contributed by atoms with E-state index < -0.39 is 12.6 Å². The van der Waals surface area contributed by atoms with E-state index >= 15 is 0 Å². The highest BCUT2D eigenvalue weighted by Gasteiger charge is 2.27. The monoisotopic (exact) mass is 491 g/mol. The molecule has 2 rings (SSSR count). The third-order valence-electron chi connectivity index (χ3n) is 4.36. The van der Waals surface area contributed by atoms with E-state index in [0.717, 1.165) is 39.0 Å². The lowest BCUT2D eigenvalue weighted by Gasteiger charge is -2.36. The van der Waals surface area contributed by atoms with Crippen LogP contribution >= 0.6 is 24.0 Å². The smallest absolute Gasteiger partial charge is 0.356 e. The number of piperazine rings is 1. The molecule has 1 saturated carbocycles. The predicted molar refractivity (Wildman–Crippen MR) is 106 cm³/mol.